The van der Waals surface area contributed by atoms with E-state index in [1.54, 1.807) is 0 Å². The molecule has 0 atom stereocenters. The lowest BCUT2D eigenvalue weighted by Gasteiger charge is -2.35. The SMILES string of the molecule is CCN(Cc1cc(C)cc(C)c1)C1CCC(N)CC1. The van der Waals surface area contributed by atoms with Gasteiger partial charge in [-0.25, -0.2) is 0 Å². The fraction of sp³-hybridized carbons (Fsp3) is 0.647. The van der Waals surface area contributed by atoms with Crippen molar-refractivity contribution in [1.29, 1.82) is 0 Å². The van der Waals surface area contributed by atoms with Crippen LogP contribution in [0, 0.1) is 13.8 Å². The van der Waals surface area contributed by atoms with E-state index >= 15 is 0 Å². The van der Waals surface area contributed by atoms with Gasteiger partial charge in [0.25, 0.3) is 0 Å². The van der Waals surface area contributed by atoms with Gasteiger partial charge in [0.15, 0.2) is 0 Å². The van der Waals surface area contributed by atoms with Gasteiger partial charge in [-0.05, 0) is 51.6 Å². The van der Waals surface area contributed by atoms with Crippen LogP contribution in [0.1, 0.15) is 49.3 Å². The Morgan fingerprint density at radius 3 is 2.16 bits per heavy atom. The average Bonchev–Trinajstić information content (AvgIpc) is 2.36. The number of aryl methyl sites for hydroxylation is 2. The molecule has 0 amide bonds. The maximum absolute atomic E-state index is 6.01. The third-order valence-electron chi connectivity index (χ3n) is 4.33. The Balaban J connectivity index is 2.02. The van der Waals surface area contributed by atoms with E-state index < -0.39 is 0 Å². The Labute approximate surface area is 118 Å². The van der Waals surface area contributed by atoms with Gasteiger partial charge in [-0.15, -0.1) is 0 Å². The number of rotatable bonds is 4. The zero-order chi connectivity index (χ0) is 13.8. The van der Waals surface area contributed by atoms with E-state index in [0.717, 1.165) is 19.1 Å². The Bertz CT molecular complexity index is 385. The average molecular weight is 260 g/mol. The van der Waals surface area contributed by atoms with Crippen molar-refractivity contribution < 1.29 is 0 Å². The normalized spacial score (nSPS) is 23.8. The van der Waals surface area contributed by atoms with Gasteiger partial charge in [-0.2, -0.15) is 0 Å². The second-order valence-corrected chi connectivity index (χ2v) is 6.13. The summed E-state index contributed by atoms with van der Waals surface area (Å²) in [5, 5.41) is 0. The van der Waals surface area contributed by atoms with Crippen LogP contribution in [0.15, 0.2) is 18.2 Å². The lowest BCUT2D eigenvalue weighted by atomic mass is 9.90. The molecule has 1 fully saturated rings. The first-order chi connectivity index (χ1) is 9.08. The van der Waals surface area contributed by atoms with Gasteiger partial charge in [0.05, 0.1) is 0 Å². The predicted octanol–water partition coefficient (Wildman–Crippen LogP) is 3.40. The molecule has 0 unspecified atom stereocenters. The second kappa shape index (κ2) is 6.53. The second-order valence-electron chi connectivity index (χ2n) is 6.13. The van der Waals surface area contributed by atoms with Crippen molar-refractivity contribution in [3.8, 4) is 0 Å². The molecule has 1 aliphatic carbocycles. The van der Waals surface area contributed by atoms with Crippen LogP contribution in [0.5, 0.6) is 0 Å². The molecule has 2 heteroatoms. The summed E-state index contributed by atoms with van der Waals surface area (Å²) in [6, 6.07) is 8.07. The zero-order valence-electron chi connectivity index (χ0n) is 12.7. The first-order valence-electron chi connectivity index (χ1n) is 7.65. The van der Waals surface area contributed by atoms with Crippen molar-refractivity contribution in [2.45, 2.75) is 65.1 Å². The molecule has 19 heavy (non-hydrogen) atoms. The van der Waals surface area contributed by atoms with Crippen LogP contribution in [-0.4, -0.2) is 23.5 Å². The largest absolute Gasteiger partial charge is 0.328 e. The summed E-state index contributed by atoms with van der Waals surface area (Å²) < 4.78 is 0. The van der Waals surface area contributed by atoms with Crippen LogP contribution in [0.4, 0.5) is 0 Å². The summed E-state index contributed by atoms with van der Waals surface area (Å²) in [6.45, 7) is 8.86. The number of hydrogen-bond acceptors (Lipinski definition) is 2. The number of benzene rings is 1. The summed E-state index contributed by atoms with van der Waals surface area (Å²) in [5.41, 5.74) is 10.2. The van der Waals surface area contributed by atoms with Crippen molar-refractivity contribution in [1.82, 2.24) is 4.90 Å². The van der Waals surface area contributed by atoms with Gasteiger partial charge < -0.3 is 5.73 Å². The van der Waals surface area contributed by atoms with Crippen LogP contribution < -0.4 is 5.73 Å². The zero-order valence-corrected chi connectivity index (χ0v) is 12.7. The molecule has 2 rings (SSSR count). The van der Waals surface area contributed by atoms with Crippen LogP contribution >= 0.6 is 0 Å². The Morgan fingerprint density at radius 1 is 1.05 bits per heavy atom. The van der Waals surface area contributed by atoms with Crippen LogP contribution in [0.3, 0.4) is 0 Å². The fourth-order valence-electron chi connectivity index (χ4n) is 3.36. The van der Waals surface area contributed by atoms with E-state index in [2.05, 4.69) is 43.9 Å². The molecule has 2 nitrogen and oxygen atoms in total. The molecule has 0 aromatic heterocycles. The predicted molar refractivity (Wildman–Crippen MR) is 82.2 cm³/mol. The van der Waals surface area contributed by atoms with E-state index in [4.69, 9.17) is 5.73 Å². The Hall–Kier alpha value is -0.860. The summed E-state index contributed by atoms with van der Waals surface area (Å²) >= 11 is 0. The van der Waals surface area contributed by atoms with Gasteiger partial charge >= 0.3 is 0 Å². The van der Waals surface area contributed by atoms with Crippen LogP contribution in [-0.2, 0) is 6.54 Å². The minimum Gasteiger partial charge on any atom is -0.328 e. The topological polar surface area (TPSA) is 29.3 Å². The maximum atomic E-state index is 6.01. The highest BCUT2D eigenvalue weighted by atomic mass is 15.1. The molecule has 1 aliphatic rings. The molecule has 2 N–H and O–H groups in total. The quantitative estimate of drug-likeness (QED) is 0.899. The summed E-state index contributed by atoms with van der Waals surface area (Å²) in [6.07, 6.45) is 4.90. The number of nitrogens with two attached hydrogens (primary N) is 1. The molecule has 106 valence electrons. The van der Waals surface area contributed by atoms with Gasteiger partial charge in [-0.3, -0.25) is 4.90 Å². The third-order valence-corrected chi connectivity index (χ3v) is 4.33. The van der Waals surface area contributed by atoms with Gasteiger partial charge in [0.2, 0.25) is 0 Å². The van der Waals surface area contributed by atoms with E-state index in [-0.39, 0.29) is 0 Å². The first-order valence-corrected chi connectivity index (χ1v) is 7.65. The standard InChI is InChI=1S/C17H28N2/c1-4-19(17-7-5-16(18)6-8-17)12-15-10-13(2)9-14(3)11-15/h9-11,16-17H,4-8,12,18H2,1-3H3. The first kappa shape index (κ1) is 14.5. The third kappa shape index (κ3) is 4.05. The highest BCUT2D eigenvalue weighted by molar-refractivity contribution is 5.28. The molecular weight excluding hydrogens is 232 g/mol. The van der Waals surface area contributed by atoms with Crippen molar-refractivity contribution in [3.05, 3.63) is 34.9 Å². The van der Waals surface area contributed by atoms with Crippen molar-refractivity contribution in [2.24, 2.45) is 5.73 Å². The van der Waals surface area contributed by atoms with Crippen molar-refractivity contribution in [3.63, 3.8) is 0 Å². The lowest BCUT2D eigenvalue weighted by Crippen LogP contribution is -2.40. The molecule has 0 radical (unpaired) electrons. The van der Waals surface area contributed by atoms with E-state index in [0.29, 0.717) is 6.04 Å². The molecule has 1 aromatic rings. The molecule has 1 saturated carbocycles. The summed E-state index contributed by atoms with van der Waals surface area (Å²) in [7, 11) is 0. The highest BCUT2D eigenvalue weighted by Crippen LogP contribution is 2.24. The molecule has 0 spiro atoms. The highest BCUT2D eigenvalue weighted by Gasteiger charge is 2.23. The van der Waals surface area contributed by atoms with Crippen molar-refractivity contribution >= 4 is 0 Å². The monoisotopic (exact) mass is 260 g/mol. The molecule has 0 bridgehead atoms. The van der Waals surface area contributed by atoms with Gasteiger partial charge in [0.1, 0.15) is 0 Å². The Kier molecular flexibility index (Phi) is 5.00. The van der Waals surface area contributed by atoms with Crippen LogP contribution in [0.2, 0.25) is 0 Å². The summed E-state index contributed by atoms with van der Waals surface area (Å²) in [4.78, 5) is 2.63. The van der Waals surface area contributed by atoms with Crippen LogP contribution in [0.25, 0.3) is 0 Å². The van der Waals surface area contributed by atoms with E-state index in [1.165, 1.54) is 42.4 Å². The smallest absolute Gasteiger partial charge is 0.0236 e. The number of nitrogens with zero attached hydrogens (tertiary/aromatic N) is 1. The molecule has 0 saturated heterocycles. The van der Waals surface area contributed by atoms with E-state index in [9.17, 15) is 0 Å². The molecule has 0 aliphatic heterocycles. The molecular formula is C17H28N2. The fourth-order valence-corrected chi connectivity index (χ4v) is 3.36. The minimum absolute atomic E-state index is 0.441. The lowest BCUT2D eigenvalue weighted by molar-refractivity contribution is 0.149. The van der Waals surface area contributed by atoms with E-state index in [1.807, 2.05) is 0 Å². The number of hydrogen-bond donors (Lipinski definition) is 1. The Morgan fingerprint density at radius 2 is 1.63 bits per heavy atom. The van der Waals surface area contributed by atoms with Gasteiger partial charge in [0, 0.05) is 18.6 Å². The molecule has 1 aromatic carbocycles. The van der Waals surface area contributed by atoms with Gasteiger partial charge in [-0.1, -0.05) is 36.2 Å². The minimum atomic E-state index is 0.441. The van der Waals surface area contributed by atoms with Crippen molar-refractivity contribution in [2.75, 3.05) is 6.54 Å². The summed E-state index contributed by atoms with van der Waals surface area (Å²) in [5.74, 6) is 0. The maximum Gasteiger partial charge on any atom is 0.0236 e. The molecule has 0 heterocycles.